The van der Waals surface area contributed by atoms with Crippen LogP contribution in [0.3, 0.4) is 0 Å². The number of hydrogen-bond acceptors (Lipinski definition) is 2. The van der Waals surface area contributed by atoms with Crippen LogP contribution in [0.2, 0.25) is 0 Å². The summed E-state index contributed by atoms with van der Waals surface area (Å²) in [4.78, 5) is 9.37. The molecule has 0 heterocycles. The van der Waals surface area contributed by atoms with Crippen LogP contribution in [0.1, 0.15) is 45.4 Å². The highest BCUT2D eigenvalue weighted by molar-refractivity contribution is 5.66. The smallest absolute Gasteiger partial charge is 0.303 e. The van der Waals surface area contributed by atoms with Gasteiger partial charge >= 0.3 is 5.97 Å². The molecule has 1 aliphatic carbocycles. The first kappa shape index (κ1) is 14.9. The molecule has 1 saturated carbocycles. The molecule has 4 nitrogen and oxygen atoms in total. The topological polar surface area (TPSA) is 94.8 Å². The lowest BCUT2D eigenvalue weighted by molar-refractivity contribution is -0.136. The zero-order chi connectivity index (χ0) is 9.40. The average molecular weight is 191 g/mol. The van der Waals surface area contributed by atoms with Gasteiger partial charge in [-0.05, 0) is 12.8 Å². The van der Waals surface area contributed by atoms with Gasteiger partial charge in [0, 0.05) is 12.5 Å². The molecule has 0 amide bonds. The molecule has 4 heteroatoms. The number of hydrogen-bond donors (Lipinski definition) is 2. The van der Waals surface area contributed by atoms with Crippen LogP contribution in [0.15, 0.2) is 0 Å². The van der Waals surface area contributed by atoms with Crippen LogP contribution in [0.4, 0.5) is 0 Å². The Morgan fingerprint density at radius 2 is 1.77 bits per heavy atom. The van der Waals surface area contributed by atoms with E-state index in [4.69, 9.17) is 10.8 Å². The van der Waals surface area contributed by atoms with Crippen LogP contribution < -0.4 is 5.73 Å². The standard InChI is InChI=1S/C6H13N.C3H6O2.H2O/c7-6-4-2-1-3-5-6;1-2-3(4)5;/h6H,1-5,7H2;2H2,1H3,(H,4,5);1H2. The molecule has 0 aromatic heterocycles. The molecule has 0 aliphatic heterocycles. The summed E-state index contributed by atoms with van der Waals surface area (Å²) in [6, 6.07) is 0.536. The van der Waals surface area contributed by atoms with Crippen molar-refractivity contribution >= 4 is 5.97 Å². The predicted octanol–water partition coefficient (Wildman–Crippen LogP) is 0.934. The minimum atomic E-state index is -0.745. The van der Waals surface area contributed by atoms with Crippen LogP contribution in [-0.2, 0) is 4.79 Å². The maximum atomic E-state index is 9.37. The molecule has 0 bridgehead atoms. The Morgan fingerprint density at radius 3 is 1.92 bits per heavy atom. The highest BCUT2D eigenvalue weighted by Gasteiger charge is 2.06. The summed E-state index contributed by atoms with van der Waals surface area (Å²) >= 11 is 0. The Bertz CT molecular complexity index is 122. The van der Waals surface area contributed by atoms with Crippen molar-refractivity contribution in [3.05, 3.63) is 0 Å². The second-order valence-electron chi connectivity index (χ2n) is 3.15. The second-order valence-corrected chi connectivity index (χ2v) is 3.15. The Balaban J connectivity index is 0. The lowest BCUT2D eigenvalue weighted by Crippen LogP contribution is -2.22. The van der Waals surface area contributed by atoms with Crippen molar-refractivity contribution < 1.29 is 15.4 Å². The highest BCUT2D eigenvalue weighted by atomic mass is 16.4. The fourth-order valence-corrected chi connectivity index (χ4v) is 1.13. The minimum Gasteiger partial charge on any atom is -0.481 e. The van der Waals surface area contributed by atoms with Crippen molar-refractivity contribution in [1.29, 1.82) is 0 Å². The van der Waals surface area contributed by atoms with Gasteiger partial charge in [-0.25, -0.2) is 0 Å². The maximum absolute atomic E-state index is 9.37. The molecule has 0 spiro atoms. The highest BCUT2D eigenvalue weighted by Crippen LogP contribution is 2.14. The quantitative estimate of drug-likeness (QED) is 0.645. The van der Waals surface area contributed by atoms with Crippen molar-refractivity contribution in [1.82, 2.24) is 0 Å². The SMILES string of the molecule is CCC(=O)O.NC1CCCCC1.O. The van der Waals surface area contributed by atoms with Crippen LogP contribution in [0, 0.1) is 0 Å². The van der Waals surface area contributed by atoms with Crippen molar-refractivity contribution in [2.45, 2.75) is 51.5 Å². The van der Waals surface area contributed by atoms with Gasteiger partial charge in [-0.3, -0.25) is 4.79 Å². The molecule has 0 saturated heterocycles. The number of carbonyl (C=O) groups is 1. The summed E-state index contributed by atoms with van der Waals surface area (Å²) in [7, 11) is 0. The molecule has 1 aliphatic rings. The molecule has 1 fully saturated rings. The van der Waals surface area contributed by atoms with Crippen LogP contribution >= 0.6 is 0 Å². The molecule has 5 N–H and O–H groups in total. The van der Waals surface area contributed by atoms with E-state index in [1.54, 1.807) is 6.92 Å². The van der Waals surface area contributed by atoms with Crippen LogP contribution in [0.25, 0.3) is 0 Å². The first-order valence-corrected chi connectivity index (χ1v) is 4.64. The third-order valence-electron chi connectivity index (χ3n) is 1.95. The second kappa shape index (κ2) is 9.48. The van der Waals surface area contributed by atoms with Gasteiger partial charge in [-0.2, -0.15) is 0 Å². The van der Waals surface area contributed by atoms with E-state index in [2.05, 4.69) is 0 Å². The molecule has 1 rings (SSSR count). The first-order chi connectivity index (χ1) is 5.66. The van der Waals surface area contributed by atoms with Crippen molar-refractivity contribution in [3.63, 3.8) is 0 Å². The van der Waals surface area contributed by atoms with Gasteiger partial charge in [-0.15, -0.1) is 0 Å². The van der Waals surface area contributed by atoms with E-state index in [9.17, 15) is 4.79 Å². The molecule has 0 aromatic rings. The Kier molecular flexibility index (Phi) is 10.9. The van der Waals surface area contributed by atoms with Gasteiger partial charge in [0.2, 0.25) is 0 Å². The maximum Gasteiger partial charge on any atom is 0.303 e. The molecule has 0 radical (unpaired) electrons. The van der Waals surface area contributed by atoms with E-state index in [1.807, 2.05) is 0 Å². The summed E-state index contributed by atoms with van der Waals surface area (Å²) in [5.41, 5.74) is 5.63. The molecule has 13 heavy (non-hydrogen) atoms. The normalized spacial score (nSPS) is 16.5. The molecule has 0 aromatic carbocycles. The van der Waals surface area contributed by atoms with Gasteiger partial charge in [0.05, 0.1) is 0 Å². The van der Waals surface area contributed by atoms with E-state index in [0.717, 1.165) is 0 Å². The fourth-order valence-electron chi connectivity index (χ4n) is 1.13. The number of carboxylic acid groups (broad SMARTS) is 1. The fraction of sp³-hybridized carbons (Fsp3) is 0.889. The third-order valence-corrected chi connectivity index (χ3v) is 1.95. The number of nitrogens with two attached hydrogens (primary N) is 1. The van der Waals surface area contributed by atoms with E-state index in [-0.39, 0.29) is 11.9 Å². The predicted molar refractivity (Wildman–Crippen MR) is 52.6 cm³/mol. The lowest BCUT2D eigenvalue weighted by Gasteiger charge is -2.15. The number of rotatable bonds is 1. The van der Waals surface area contributed by atoms with Crippen LogP contribution in [0.5, 0.6) is 0 Å². The molecule has 0 unspecified atom stereocenters. The molecule has 0 atom stereocenters. The van der Waals surface area contributed by atoms with Crippen molar-refractivity contribution in [2.75, 3.05) is 0 Å². The van der Waals surface area contributed by atoms with Crippen molar-refractivity contribution in [2.24, 2.45) is 5.73 Å². The average Bonchev–Trinajstić information content (AvgIpc) is 2.07. The van der Waals surface area contributed by atoms with Gasteiger partial charge in [0.25, 0.3) is 0 Å². The molecular formula is C9H21NO3. The first-order valence-electron chi connectivity index (χ1n) is 4.64. The van der Waals surface area contributed by atoms with E-state index in [1.165, 1.54) is 32.1 Å². The largest absolute Gasteiger partial charge is 0.481 e. The third kappa shape index (κ3) is 11.4. The van der Waals surface area contributed by atoms with Gasteiger partial charge in [-0.1, -0.05) is 26.2 Å². The van der Waals surface area contributed by atoms with E-state index in [0.29, 0.717) is 6.04 Å². The molecule has 80 valence electrons. The zero-order valence-corrected chi connectivity index (χ0v) is 8.25. The van der Waals surface area contributed by atoms with Gasteiger partial charge in [0.1, 0.15) is 0 Å². The minimum absolute atomic E-state index is 0. The summed E-state index contributed by atoms with van der Waals surface area (Å²) in [6.07, 6.45) is 6.88. The van der Waals surface area contributed by atoms with Gasteiger partial charge in [0.15, 0.2) is 0 Å². The Morgan fingerprint density at radius 1 is 1.38 bits per heavy atom. The van der Waals surface area contributed by atoms with Crippen LogP contribution in [-0.4, -0.2) is 22.6 Å². The van der Waals surface area contributed by atoms with E-state index < -0.39 is 5.97 Å². The Labute approximate surface area is 79.4 Å². The zero-order valence-electron chi connectivity index (χ0n) is 8.25. The summed E-state index contributed by atoms with van der Waals surface area (Å²) in [6.45, 7) is 1.60. The van der Waals surface area contributed by atoms with Gasteiger partial charge < -0.3 is 16.3 Å². The monoisotopic (exact) mass is 191 g/mol. The van der Waals surface area contributed by atoms with E-state index >= 15 is 0 Å². The molecular weight excluding hydrogens is 170 g/mol. The lowest BCUT2D eigenvalue weighted by atomic mass is 9.97. The summed E-state index contributed by atoms with van der Waals surface area (Å²) in [5, 5.41) is 7.72. The summed E-state index contributed by atoms with van der Waals surface area (Å²) in [5.74, 6) is -0.745. The summed E-state index contributed by atoms with van der Waals surface area (Å²) < 4.78 is 0. The number of carboxylic acids is 1. The Hall–Kier alpha value is -0.610. The van der Waals surface area contributed by atoms with Crippen molar-refractivity contribution in [3.8, 4) is 0 Å². The number of aliphatic carboxylic acids is 1.